The van der Waals surface area contributed by atoms with Crippen molar-refractivity contribution in [2.75, 3.05) is 31.1 Å². The Morgan fingerprint density at radius 1 is 1.09 bits per heavy atom. The summed E-state index contributed by atoms with van der Waals surface area (Å²) in [5, 5.41) is 0. The summed E-state index contributed by atoms with van der Waals surface area (Å²) in [6, 6.07) is 6.49. The van der Waals surface area contributed by atoms with Crippen LogP contribution in [0.25, 0.3) is 0 Å². The van der Waals surface area contributed by atoms with Crippen LogP contribution in [0.1, 0.15) is 37.7 Å². The summed E-state index contributed by atoms with van der Waals surface area (Å²) < 4.78 is 1.15. The van der Waals surface area contributed by atoms with E-state index in [9.17, 15) is 4.79 Å². The summed E-state index contributed by atoms with van der Waals surface area (Å²) >= 11 is 3.67. The Morgan fingerprint density at radius 3 is 2.41 bits per heavy atom. The van der Waals surface area contributed by atoms with Crippen molar-refractivity contribution in [2.24, 2.45) is 5.92 Å². The number of rotatable bonds is 2. The molecule has 2 fully saturated rings. The van der Waals surface area contributed by atoms with Gasteiger partial charge in [-0.3, -0.25) is 4.79 Å². The number of hydrogen-bond acceptors (Lipinski definition) is 2. The molecule has 120 valence electrons. The van der Waals surface area contributed by atoms with Crippen LogP contribution in [0.5, 0.6) is 0 Å². The highest BCUT2D eigenvalue weighted by molar-refractivity contribution is 9.10. The Morgan fingerprint density at radius 2 is 1.77 bits per heavy atom. The van der Waals surface area contributed by atoms with Crippen molar-refractivity contribution in [2.45, 2.75) is 39.0 Å². The van der Waals surface area contributed by atoms with Gasteiger partial charge in [0.2, 0.25) is 5.91 Å². The molecule has 0 unspecified atom stereocenters. The second-order valence-electron chi connectivity index (χ2n) is 6.60. The molecule has 2 aliphatic rings. The van der Waals surface area contributed by atoms with Crippen LogP contribution in [0.15, 0.2) is 22.7 Å². The highest BCUT2D eigenvalue weighted by Gasteiger charge is 2.28. The molecule has 0 aromatic heterocycles. The fourth-order valence-electron chi connectivity index (χ4n) is 3.64. The summed E-state index contributed by atoms with van der Waals surface area (Å²) in [4.78, 5) is 17.1. The minimum atomic E-state index is 0.298. The summed E-state index contributed by atoms with van der Waals surface area (Å²) in [5.74, 6) is 0.703. The summed E-state index contributed by atoms with van der Waals surface area (Å²) in [5.41, 5.74) is 2.51. The second kappa shape index (κ2) is 7.03. The number of anilines is 1. The number of benzene rings is 1. The van der Waals surface area contributed by atoms with E-state index in [1.165, 1.54) is 30.5 Å². The van der Waals surface area contributed by atoms with E-state index >= 15 is 0 Å². The van der Waals surface area contributed by atoms with E-state index in [1.54, 1.807) is 0 Å². The van der Waals surface area contributed by atoms with E-state index in [0.29, 0.717) is 11.8 Å². The molecule has 0 spiro atoms. The van der Waals surface area contributed by atoms with Gasteiger partial charge >= 0.3 is 0 Å². The molecule has 3 nitrogen and oxygen atoms in total. The average Bonchev–Trinajstić information content (AvgIpc) is 2.55. The van der Waals surface area contributed by atoms with Crippen molar-refractivity contribution in [3.05, 3.63) is 28.2 Å². The number of piperazine rings is 1. The number of amides is 1. The molecule has 0 N–H and O–H groups in total. The first kappa shape index (κ1) is 15.9. The molecule has 3 rings (SSSR count). The van der Waals surface area contributed by atoms with Gasteiger partial charge in [-0.15, -0.1) is 0 Å². The van der Waals surface area contributed by atoms with Gasteiger partial charge in [0.15, 0.2) is 0 Å². The average molecular weight is 365 g/mol. The van der Waals surface area contributed by atoms with Crippen molar-refractivity contribution in [1.29, 1.82) is 0 Å². The molecule has 0 radical (unpaired) electrons. The molecule has 22 heavy (non-hydrogen) atoms. The number of aryl methyl sites for hydroxylation is 1. The lowest BCUT2D eigenvalue weighted by Crippen LogP contribution is -2.50. The maximum absolute atomic E-state index is 12.6. The van der Waals surface area contributed by atoms with Gasteiger partial charge in [-0.05, 0) is 53.4 Å². The fraction of sp³-hybridized carbons (Fsp3) is 0.611. The van der Waals surface area contributed by atoms with Crippen LogP contribution in [0, 0.1) is 12.8 Å². The number of nitrogens with zero attached hydrogens (tertiary/aromatic N) is 2. The van der Waals surface area contributed by atoms with E-state index < -0.39 is 0 Å². The van der Waals surface area contributed by atoms with E-state index in [0.717, 1.165) is 43.5 Å². The summed E-state index contributed by atoms with van der Waals surface area (Å²) in [6.45, 7) is 5.68. The number of carbonyl (C=O) groups is 1. The lowest BCUT2D eigenvalue weighted by atomic mass is 9.88. The van der Waals surface area contributed by atoms with Gasteiger partial charge < -0.3 is 9.80 Å². The first-order valence-electron chi connectivity index (χ1n) is 8.45. The molecule has 1 saturated heterocycles. The van der Waals surface area contributed by atoms with E-state index in [-0.39, 0.29) is 0 Å². The van der Waals surface area contributed by atoms with E-state index in [4.69, 9.17) is 0 Å². The smallest absolute Gasteiger partial charge is 0.225 e. The van der Waals surface area contributed by atoms with Gasteiger partial charge in [-0.1, -0.05) is 25.3 Å². The third kappa shape index (κ3) is 3.48. The second-order valence-corrected chi connectivity index (χ2v) is 7.46. The highest BCUT2D eigenvalue weighted by Crippen LogP contribution is 2.29. The lowest BCUT2D eigenvalue weighted by molar-refractivity contribution is -0.136. The third-order valence-corrected chi connectivity index (χ3v) is 5.62. The Labute approximate surface area is 141 Å². The van der Waals surface area contributed by atoms with Crippen LogP contribution in [0.2, 0.25) is 0 Å². The van der Waals surface area contributed by atoms with Crippen LogP contribution < -0.4 is 4.90 Å². The van der Waals surface area contributed by atoms with Gasteiger partial charge in [0.05, 0.1) is 5.69 Å². The molecule has 0 atom stereocenters. The maximum Gasteiger partial charge on any atom is 0.225 e. The quantitative estimate of drug-likeness (QED) is 0.791. The fourth-order valence-corrected chi connectivity index (χ4v) is 4.39. The van der Waals surface area contributed by atoms with Gasteiger partial charge in [0, 0.05) is 36.6 Å². The molecule has 1 aliphatic heterocycles. The van der Waals surface area contributed by atoms with Crippen LogP contribution in [-0.2, 0) is 4.79 Å². The molecule has 1 amide bonds. The number of carbonyl (C=O) groups excluding carboxylic acids is 1. The number of halogens is 1. The Hall–Kier alpha value is -1.03. The van der Waals surface area contributed by atoms with Crippen LogP contribution in [-0.4, -0.2) is 37.0 Å². The maximum atomic E-state index is 12.6. The monoisotopic (exact) mass is 364 g/mol. The van der Waals surface area contributed by atoms with Crippen LogP contribution in [0.3, 0.4) is 0 Å². The third-order valence-electron chi connectivity index (χ3n) is 4.99. The summed E-state index contributed by atoms with van der Waals surface area (Å²) in [7, 11) is 0. The predicted octanol–water partition coefficient (Wildman–Crippen LogP) is 3.99. The zero-order valence-electron chi connectivity index (χ0n) is 13.4. The molecule has 1 aromatic carbocycles. The lowest BCUT2D eigenvalue weighted by Gasteiger charge is -2.38. The first-order chi connectivity index (χ1) is 10.6. The normalized spacial score (nSPS) is 20.3. The highest BCUT2D eigenvalue weighted by atomic mass is 79.9. The van der Waals surface area contributed by atoms with Gasteiger partial charge in [-0.25, -0.2) is 0 Å². The van der Waals surface area contributed by atoms with Gasteiger partial charge in [0.1, 0.15) is 0 Å². The molecule has 1 heterocycles. The molecule has 4 heteroatoms. The Bertz CT molecular complexity index is 532. The molecule has 1 aliphatic carbocycles. The van der Waals surface area contributed by atoms with Crippen molar-refractivity contribution >= 4 is 27.5 Å². The molecule has 1 saturated carbocycles. The zero-order valence-corrected chi connectivity index (χ0v) is 14.9. The molecular formula is C18H25BrN2O. The van der Waals surface area contributed by atoms with Crippen molar-refractivity contribution in [1.82, 2.24) is 4.90 Å². The van der Waals surface area contributed by atoms with Crippen LogP contribution >= 0.6 is 15.9 Å². The summed E-state index contributed by atoms with van der Waals surface area (Å²) in [6.07, 6.45) is 5.96. The molecule has 1 aromatic rings. The van der Waals surface area contributed by atoms with E-state index in [1.807, 2.05) is 0 Å². The predicted molar refractivity (Wildman–Crippen MR) is 94.2 cm³/mol. The van der Waals surface area contributed by atoms with Crippen molar-refractivity contribution in [3.8, 4) is 0 Å². The molecular weight excluding hydrogens is 340 g/mol. The van der Waals surface area contributed by atoms with Crippen LogP contribution in [0.4, 0.5) is 5.69 Å². The Balaban J connectivity index is 1.59. The zero-order chi connectivity index (χ0) is 15.5. The molecule has 0 bridgehead atoms. The Kier molecular flexibility index (Phi) is 5.07. The van der Waals surface area contributed by atoms with Gasteiger partial charge in [0.25, 0.3) is 0 Å². The van der Waals surface area contributed by atoms with Crippen molar-refractivity contribution < 1.29 is 4.79 Å². The standard InChI is InChI=1S/C18H25BrN2O/c1-14-7-8-17(16(19)13-14)20-9-11-21(12-10-20)18(22)15-5-3-2-4-6-15/h7-8,13,15H,2-6,9-12H2,1H3. The largest absolute Gasteiger partial charge is 0.367 e. The minimum Gasteiger partial charge on any atom is -0.367 e. The van der Waals surface area contributed by atoms with Crippen molar-refractivity contribution in [3.63, 3.8) is 0 Å². The minimum absolute atomic E-state index is 0.298. The SMILES string of the molecule is Cc1ccc(N2CCN(C(=O)C3CCCCC3)CC2)c(Br)c1. The number of hydrogen-bond donors (Lipinski definition) is 0. The van der Waals surface area contributed by atoms with E-state index in [2.05, 4.69) is 50.9 Å². The topological polar surface area (TPSA) is 23.6 Å². The van der Waals surface area contributed by atoms with Gasteiger partial charge in [-0.2, -0.15) is 0 Å². The first-order valence-corrected chi connectivity index (χ1v) is 9.24.